The van der Waals surface area contributed by atoms with Gasteiger partial charge in [0, 0.05) is 36.5 Å². The second-order valence-corrected chi connectivity index (χ2v) is 19.6. The Kier molecular flexibility index (Phi) is 18.3. The molecular weight excluding hydrogens is 1150 g/mol. The molecule has 0 spiro atoms. The fourth-order valence-corrected chi connectivity index (χ4v) is 8.85. The Labute approximate surface area is 511 Å². The SMILES string of the molecule is O=C(C=Cc1ccc(O)cc1)Oc1cc2c3cc(OC(=O)C=Cc4ccc(O)cc4)c(OC(=O)C=Cc4ccc(O)cc4)cc3c3cc(OC(=O)C=Cc4ccc(O)cc4)c(OC(=O)C=Cc4ccc(O)cc4)cc3c2cc1OC(=O)C=Cc1ccc(O)cc1. The van der Waals surface area contributed by atoms with Gasteiger partial charge in [-0.2, -0.15) is 0 Å². The van der Waals surface area contributed by atoms with Crippen molar-refractivity contribution >= 4 is 105 Å². The number of phenols is 6. The van der Waals surface area contributed by atoms with E-state index in [1.807, 2.05) is 0 Å². The maximum atomic E-state index is 13.9. The number of benzene rings is 10. The molecule has 0 saturated carbocycles. The molecule has 0 radical (unpaired) electrons. The Hall–Kier alpha value is -13.0. The van der Waals surface area contributed by atoms with E-state index in [1.54, 1.807) is 72.8 Å². The van der Waals surface area contributed by atoms with E-state index in [1.165, 1.54) is 146 Å². The fraction of sp³-hybridized carbons (Fsp3) is 0. The van der Waals surface area contributed by atoms with E-state index in [0.29, 0.717) is 33.4 Å². The van der Waals surface area contributed by atoms with Gasteiger partial charge in [-0.05, 0) is 211 Å². The molecule has 0 atom stereocenters. The van der Waals surface area contributed by atoms with Crippen molar-refractivity contribution in [2.75, 3.05) is 0 Å². The number of esters is 6. The van der Waals surface area contributed by atoms with Gasteiger partial charge in [-0.15, -0.1) is 0 Å². The van der Waals surface area contributed by atoms with E-state index in [2.05, 4.69) is 0 Å². The predicted molar refractivity (Wildman–Crippen MR) is 336 cm³/mol. The molecule has 0 aliphatic heterocycles. The Morgan fingerprint density at radius 3 is 0.456 bits per heavy atom. The lowest BCUT2D eigenvalue weighted by atomic mass is 9.93. The van der Waals surface area contributed by atoms with Crippen LogP contribution in [0.4, 0.5) is 0 Å². The lowest BCUT2D eigenvalue weighted by molar-refractivity contribution is -0.131. The highest BCUT2D eigenvalue weighted by Gasteiger charge is 2.24. The summed E-state index contributed by atoms with van der Waals surface area (Å²) in [5, 5.41) is 60.2. The molecule has 0 saturated heterocycles. The van der Waals surface area contributed by atoms with E-state index < -0.39 is 35.8 Å². The summed E-state index contributed by atoms with van der Waals surface area (Å²) in [5.41, 5.74) is 3.03. The first-order chi connectivity index (χ1) is 43.4. The molecule has 0 aromatic heterocycles. The van der Waals surface area contributed by atoms with E-state index in [4.69, 9.17) is 28.4 Å². The minimum absolute atomic E-state index is 0.0168. The zero-order valence-corrected chi connectivity index (χ0v) is 46.8. The minimum atomic E-state index is -0.963. The summed E-state index contributed by atoms with van der Waals surface area (Å²) in [6, 6.07) is 43.6. The Balaban J connectivity index is 1.20. The van der Waals surface area contributed by atoms with Gasteiger partial charge in [-0.3, -0.25) is 0 Å². The summed E-state index contributed by atoms with van der Waals surface area (Å²) < 4.78 is 35.7. The number of hydrogen-bond donors (Lipinski definition) is 6. The summed E-state index contributed by atoms with van der Waals surface area (Å²) in [6.07, 6.45) is 15.0. The number of phenolic OH excluding ortho intramolecular Hbond substituents is 6. The molecule has 10 rings (SSSR count). The van der Waals surface area contributed by atoms with Gasteiger partial charge < -0.3 is 59.1 Å². The van der Waals surface area contributed by atoms with Crippen molar-refractivity contribution in [3.8, 4) is 69.0 Å². The highest BCUT2D eigenvalue weighted by molar-refractivity contribution is 6.27. The highest BCUT2D eigenvalue weighted by Crippen LogP contribution is 2.48. The van der Waals surface area contributed by atoms with Crippen LogP contribution in [0.2, 0.25) is 0 Å². The number of aromatic hydroxyl groups is 6. The maximum Gasteiger partial charge on any atom is 0.336 e. The lowest BCUT2D eigenvalue weighted by Crippen LogP contribution is -2.10. The molecular formula is C72H48O18. The molecule has 0 bridgehead atoms. The molecule has 0 amide bonds. The number of ether oxygens (including phenoxy) is 6. The monoisotopic (exact) mass is 1200 g/mol. The Morgan fingerprint density at radius 1 is 0.211 bits per heavy atom. The van der Waals surface area contributed by atoms with Gasteiger partial charge in [-0.25, -0.2) is 28.8 Å². The van der Waals surface area contributed by atoms with Crippen molar-refractivity contribution in [3.63, 3.8) is 0 Å². The highest BCUT2D eigenvalue weighted by atomic mass is 16.6. The van der Waals surface area contributed by atoms with E-state index in [-0.39, 0.29) is 101 Å². The zero-order valence-electron chi connectivity index (χ0n) is 46.8. The molecule has 18 heteroatoms. The summed E-state index contributed by atoms with van der Waals surface area (Å²) in [7, 11) is 0. The summed E-state index contributed by atoms with van der Waals surface area (Å²) in [4.78, 5) is 83.3. The van der Waals surface area contributed by atoms with Crippen LogP contribution in [-0.4, -0.2) is 66.5 Å². The third kappa shape index (κ3) is 15.9. The van der Waals surface area contributed by atoms with Gasteiger partial charge in [0.05, 0.1) is 0 Å². The van der Waals surface area contributed by atoms with Crippen LogP contribution in [0.15, 0.2) is 218 Å². The normalized spacial score (nSPS) is 11.6. The van der Waals surface area contributed by atoms with E-state index in [9.17, 15) is 59.4 Å². The van der Waals surface area contributed by atoms with Gasteiger partial charge in [0.1, 0.15) is 34.5 Å². The molecule has 0 unspecified atom stereocenters. The fourth-order valence-electron chi connectivity index (χ4n) is 8.85. The number of rotatable bonds is 18. The molecule has 0 fully saturated rings. The molecule has 90 heavy (non-hydrogen) atoms. The zero-order chi connectivity index (χ0) is 63.3. The van der Waals surface area contributed by atoms with Crippen molar-refractivity contribution < 1.29 is 87.8 Å². The van der Waals surface area contributed by atoms with Gasteiger partial charge in [0.25, 0.3) is 0 Å². The first-order valence-electron chi connectivity index (χ1n) is 27.1. The quantitative estimate of drug-likeness (QED) is 0.0201. The summed E-state index contributed by atoms with van der Waals surface area (Å²) >= 11 is 0. The van der Waals surface area contributed by atoms with Crippen LogP contribution >= 0.6 is 0 Å². The largest absolute Gasteiger partial charge is 0.508 e. The molecule has 0 aliphatic carbocycles. The second-order valence-electron chi connectivity index (χ2n) is 19.6. The minimum Gasteiger partial charge on any atom is -0.508 e. The van der Waals surface area contributed by atoms with E-state index in [0.717, 1.165) is 36.5 Å². The van der Waals surface area contributed by atoms with Crippen molar-refractivity contribution in [2.45, 2.75) is 0 Å². The molecule has 10 aromatic carbocycles. The van der Waals surface area contributed by atoms with E-state index >= 15 is 0 Å². The van der Waals surface area contributed by atoms with Crippen LogP contribution in [0.25, 0.3) is 68.8 Å². The van der Waals surface area contributed by atoms with Gasteiger partial charge in [0.2, 0.25) is 0 Å². The number of carbonyl (C=O) groups excluding carboxylic acids is 6. The smallest absolute Gasteiger partial charge is 0.336 e. The maximum absolute atomic E-state index is 13.9. The summed E-state index contributed by atoms with van der Waals surface area (Å²) in [5.74, 6) is -7.90. The van der Waals surface area contributed by atoms with Crippen LogP contribution in [0, 0.1) is 0 Å². The number of hydrogen-bond acceptors (Lipinski definition) is 18. The molecule has 444 valence electrons. The average Bonchev–Trinajstić information content (AvgIpc) is 0.750. The predicted octanol–water partition coefficient (Wildman–Crippen LogP) is 13.1. The van der Waals surface area contributed by atoms with Crippen molar-refractivity contribution in [1.29, 1.82) is 0 Å². The van der Waals surface area contributed by atoms with Crippen molar-refractivity contribution in [2.24, 2.45) is 0 Å². The lowest BCUT2D eigenvalue weighted by Gasteiger charge is -2.18. The third-order valence-corrected chi connectivity index (χ3v) is 13.2. The topological polar surface area (TPSA) is 279 Å². The third-order valence-electron chi connectivity index (χ3n) is 13.2. The second kappa shape index (κ2) is 27.4. The van der Waals surface area contributed by atoms with Gasteiger partial charge in [-0.1, -0.05) is 72.8 Å². The average molecular weight is 1200 g/mol. The van der Waals surface area contributed by atoms with Crippen LogP contribution in [0.3, 0.4) is 0 Å². The van der Waals surface area contributed by atoms with Crippen LogP contribution in [0.1, 0.15) is 33.4 Å². The first-order valence-corrected chi connectivity index (χ1v) is 27.1. The van der Waals surface area contributed by atoms with Gasteiger partial charge in [0.15, 0.2) is 34.5 Å². The van der Waals surface area contributed by atoms with Crippen LogP contribution in [0.5, 0.6) is 69.0 Å². The number of carbonyl (C=O) groups is 6. The molecule has 6 N–H and O–H groups in total. The Bertz CT molecular complexity index is 3810. The standard InChI is InChI=1S/C72H48O18/c73-49-19-1-43(2-20-49)13-31-67(79)85-61-37-55-56(38-62(61)86-68(80)32-14-44-3-21-50(74)22-4-44)58-40-64(88-70(82)34-16-46-7-25-52(76)26-8-46)66(90-72(84)36-18-48-11-29-54(78)30-12-48)42-60(58)59-41-65(89-71(83)35-17-47-9-27-53(77)28-10-47)63(39-57(55)59)87-69(81)33-15-45-5-23-51(75)24-6-45/h1-42,73-78H. The molecule has 0 heterocycles. The Morgan fingerprint density at radius 2 is 0.333 bits per heavy atom. The van der Waals surface area contributed by atoms with Gasteiger partial charge >= 0.3 is 35.8 Å². The summed E-state index contributed by atoms with van der Waals surface area (Å²) in [6.45, 7) is 0. The molecule has 0 aliphatic rings. The molecule has 10 aromatic rings. The number of fused-ring (bicyclic) bond motifs is 6. The van der Waals surface area contributed by atoms with Crippen molar-refractivity contribution in [3.05, 3.63) is 252 Å². The van der Waals surface area contributed by atoms with Crippen LogP contribution in [-0.2, 0) is 28.8 Å². The van der Waals surface area contributed by atoms with Crippen molar-refractivity contribution in [1.82, 2.24) is 0 Å². The molecule has 18 nitrogen and oxygen atoms in total. The first kappa shape index (κ1) is 60.2. The van der Waals surface area contributed by atoms with Crippen LogP contribution < -0.4 is 28.4 Å².